The quantitative estimate of drug-likeness (QED) is 0.846. The molecule has 2 unspecified atom stereocenters. The zero-order chi connectivity index (χ0) is 14.7. The van der Waals surface area contributed by atoms with E-state index < -0.39 is 9.84 Å². The van der Waals surface area contributed by atoms with Crippen LogP contribution in [0.2, 0.25) is 0 Å². The van der Waals surface area contributed by atoms with E-state index in [2.05, 4.69) is 5.32 Å². The Morgan fingerprint density at radius 2 is 1.86 bits per heavy atom. The van der Waals surface area contributed by atoms with E-state index in [0.717, 1.165) is 38.5 Å². The van der Waals surface area contributed by atoms with E-state index in [4.69, 9.17) is 0 Å². The van der Waals surface area contributed by atoms with Gasteiger partial charge in [-0.05, 0) is 44.4 Å². The summed E-state index contributed by atoms with van der Waals surface area (Å²) in [6.07, 6.45) is 8.19. The highest BCUT2D eigenvalue weighted by Crippen LogP contribution is 2.45. The summed E-state index contributed by atoms with van der Waals surface area (Å²) in [4.78, 5) is 14.6. The van der Waals surface area contributed by atoms with Crippen LogP contribution in [-0.2, 0) is 14.6 Å². The average molecular weight is 312 g/mol. The molecule has 2 heterocycles. The summed E-state index contributed by atoms with van der Waals surface area (Å²) < 4.78 is 24.2. The lowest BCUT2D eigenvalue weighted by Crippen LogP contribution is -2.46. The summed E-state index contributed by atoms with van der Waals surface area (Å²) in [6, 6.07) is 0. The molecule has 2 saturated carbocycles. The first-order valence-electron chi connectivity index (χ1n) is 8.32. The number of carbonyl (C=O) groups is 1. The van der Waals surface area contributed by atoms with E-state index in [1.165, 1.54) is 12.8 Å². The van der Waals surface area contributed by atoms with Gasteiger partial charge in [0.1, 0.15) is 0 Å². The Hall–Kier alpha value is -0.620. The highest BCUT2D eigenvalue weighted by Gasteiger charge is 2.60. The van der Waals surface area contributed by atoms with E-state index >= 15 is 0 Å². The summed E-state index contributed by atoms with van der Waals surface area (Å²) in [5, 5.41) is 3.23. The Morgan fingerprint density at radius 1 is 1.14 bits per heavy atom. The number of nitrogens with one attached hydrogen (secondary N) is 1. The molecule has 5 nitrogen and oxygen atoms in total. The fraction of sp³-hybridized carbons (Fsp3) is 0.933. The lowest BCUT2D eigenvalue weighted by Gasteiger charge is -2.30. The van der Waals surface area contributed by atoms with Crippen molar-refractivity contribution in [1.82, 2.24) is 10.2 Å². The molecule has 2 aliphatic carbocycles. The van der Waals surface area contributed by atoms with E-state index in [9.17, 15) is 13.2 Å². The van der Waals surface area contributed by atoms with Crippen LogP contribution < -0.4 is 5.32 Å². The van der Waals surface area contributed by atoms with Crippen molar-refractivity contribution in [2.45, 2.75) is 68.3 Å². The van der Waals surface area contributed by atoms with Crippen LogP contribution in [-0.4, -0.2) is 48.5 Å². The summed E-state index contributed by atoms with van der Waals surface area (Å²) in [6.45, 7) is 0.414. The van der Waals surface area contributed by atoms with E-state index in [0.29, 0.717) is 18.2 Å². The molecule has 0 aromatic heterocycles. The van der Waals surface area contributed by atoms with Crippen molar-refractivity contribution in [2.24, 2.45) is 5.92 Å². The van der Waals surface area contributed by atoms with Gasteiger partial charge < -0.3 is 4.90 Å². The lowest BCUT2D eigenvalue weighted by molar-refractivity contribution is -0.131. The SMILES string of the molecule is O=C1N(CC2CCCS2(=O)=O)C(C2CCCC2)NC12CC2. The van der Waals surface area contributed by atoms with Gasteiger partial charge in [0.05, 0.1) is 22.7 Å². The van der Waals surface area contributed by atoms with Crippen molar-refractivity contribution in [3.8, 4) is 0 Å². The average Bonchev–Trinajstić information content (AvgIpc) is 2.80. The van der Waals surface area contributed by atoms with Gasteiger partial charge in [-0.25, -0.2) is 8.42 Å². The first-order valence-corrected chi connectivity index (χ1v) is 10.0. The number of sulfone groups is 1. The van der Waals surface area contributed by atoms with Crippen molar-refractivity contribution >= 4 is 15.7 Å². The number of carbonyl (C=O) groups excluding carboxylic acids is 1. The monoisotopic (exact) mass is 312 g/mol. The van der Waals surface area contributed by atoms with Crippen LogP contribution in [0.1, 0.15) is 51.4 Å². The minimum absolute atomic E-state index is 0.0818. The number of hydrogen-bond donors (Lipinski definition) is 1. The Bertz CT molecular complexity index is 549. The van der Waals surface area contributed by atoms with Crippen molar-refractivity contribution < 1.29 is 13.2 Å². The molecule has 1 spiro atoms. The Morgan fingerprint density at radius 3 is 2.43 bits per heavy atom. The Labute approximate surface area is 126 Å². The van der Waals surface area contributed by atoms with Crippen LogP contribution in [0.3, 0.4) is 0 Å². The van der Waals surface area contributed by atoms with Gasteiger partial charge >= 0.3 is 0 Å². The smallest absolute Gasteiger partial charge is 0.244 e. The second-order valence-electron chi connectivity index (χ2n) is 7.30. The second kappa shape index (κ2) is 4.69. The van der Waals surface area contributed by atoms with Crippen LogP contribution in [0, 0.1) is 5.92 Å². The van der Waals surface area contributed by atoms with Crippen LogP contribution >= 0.6 is 0 Å². The molecule has 1 amide bonds. The van der Waals surface area contributed by atoms with Gasteiger partial charge in [0.25, 0.3) is 0 Å². The molecule has 2 saturated heterocycles. The highest BCUT2D eigenvalue weighted by molar-refractivity contribution is 7.92. The Balaban J connectivity index is 1.56. The molecule has 0 radical (unpaired) electrons. The number of amides is 1. The molecule has 0 aromatic carbocycles. The molecule has 6 heteroatoms. The standard InChI is InChI=1S/C15H24N2O3S/c18-14-15(7-8-15)16-13(11-4-1-2-5-11)17(14)10-12-6-3-9-21(12,19)20/h11-13,16H,1-10H2. The molecule has 2 aliphatic heterocycles. The van der Waals surface area contributed by atoms with Gasteiger partial charge in [0.2, 0.25) is 5.91 Å². The van der Waals surface area contributed by atoms with Crippen molar-refractivity contribution in [3.05, 3.63) is 0 Å². The maximum Gasteiger partial charge on any atom is 0.244 e. The number of nitrogens with zero attached hydrogens (tertiary/aromatic N) is 1. The van der Waals surface area contributed by atoms with E-state index in [-0.39, 0.29) is 22.9 Å². The minimum Gasteiger partial charge on any atom is -0.324 e. The first kappa shape index (κ1) is 14.0. The molecule has 1 N–H and O–H groups in total. The zero-order valence-electron chi connectivity index (χ0n) is 12.4. The lowest BCUT2D eigenvalue weighted by atomic mass is 10.0. The first-order chi connectivity index (χ1) is 10.0. The zero-order valence-corrected chi connectivity index (χ0v) is 13.2. The van der Waals surface area contributed by atoms with Gasteiger partial charge in [0.15, 0.2) is 9.84 Å². The molecule has 4 fully saturated rings. The topological polar surface area (TPSA) is 66.5 Å². The maximum absolute atomic E-state index is 12.7. The van der Waals surface area contributed by atoms with Gasteiger partial charge in [0, 0.05) is 6.54 Å². The van der Waals surface area contributed by atoms with Gasteiger partial charge in [-0.2, -0.15) is 0 Å². The predicted octanol–water partition coefficient (Wildman–Crippen LogP) is 1.04. The van der Waals surface area contributed by atoms with Gasteiger partial charge in [-0.3, -0.25) is 10.1 Å². The fourth-order valence-electron chi connectivity index (χ4n) is 4.43. The number of hydrogen-bond acceptors (Lipinski definition) is 4. The van der Waals surface area contributed by atoms with E-state index in [1.807, 2.05) is 4.90 Å². The molecule has 21 heavy (non-hydrogen) atoms. The van der Waals surface area contributed by atoms with E-state index in [1.54, 1.807) is 0 Å². The molecule has 2 atom stereocenters. The normalized spacial score (nSPS) is 37.7. The molecular weight excluding hydrogens is 288 g/mol. The van der Waals surface area contributed by atoms with Crippen LogP contribution in [0.25, 0.3) is 0 Å². The predicted molar refractivity (Wildman–Crippen MR) is 79.4 cm³/mol. The van der Waals surface area contributed by atoms with Crippen molar-refractivity contribution in [2.75, 3.05) is 12.3 Å². The summed E-state index contributed by atoms with van der Waals surface area (Å²) in [5.74, 6) is 0.978. The molecule has 0 aromatic rings. The third-order valence-corrected chi connectivity index (χ3v) is 8.15. The number of rotatable bonds is 3. The molecule has 118 valence electrons. The summed E-state index contributed by atoms with van der Waals surface area (Å²) >= 11 is 0. The molecule has 4 aliphatic rings. The molecule has 0 bridgehead atoms. The second-order valence-corrected chi connectivity index (χ2v) is 9.71. The van der Waals surface area contributed by atoms with Crippen molar-refractivity contribution in [3.63, 3.8) is 0 Å². The third kappa shape index (κ3) is 2.22. The highest BCUT2D eigenvalue weighted by atomic mass is 32.2. The van der Waals surface area contributed by atoms with Crippen LogP contribution in [0.15, 0.2) is 0 Å². The van der Waals surface area contributed by atoms with Crippen molar-refractivity contribution in [1.29, 1.82) is 0 Å². The molecular formula is C15H24N2O3S. The Kier molecular flexibility index (Phi) is 3.12. The fourth-order valence-corrected chi connectivity index (χ4v) is 6.25. The third-order valence-electron chi connectivity index (χ3n) is 5.89. The molecule has 4 rings (SSSR count). The van der Waals surface area contributed by atoms with Gasteiger partial charge in [-0.15, -0.1) is 0 Å². The van der Waals surface area contributed by atoms with Gasteiger partial charge in [-0.1, -0.05) is 12.8 Å². The summed E-state index contributed by atoms with van der Waals surface area (Å²) in [5.41, 5.74) is -0.324. The largest absolute Gasteiger partial charge is 0.324 e. The van der Waals surface area contributed by atoms with Crippen LogP contribution in [0.5, 0.6) is 0 Å². The summed E-state index contributed by atoms with van der Waals surface area (Å²) in [7, 11) is -2.98. The maximum atomic E-state index is 12.7. The minimum atomic E-state index is -2.98. The van der Waals surface area contributed by atoms with Crippen LogP contribution in [0.4, 0.5) is 0 Å².